The molecule has 2 rings (SSSR count). The van der Waals surface area contributed by atoms with Crippen molar-refractivity contribution >= 4 is 28.7 Å². The number of aryl methyl sites for hydroxylation is 1. The molecule has 1 heterocycles. The van der Waals surface area contributed by atoms with Gasteiger partial charge in [0, 0.05) is 16.2 Å². The van der Waals surface area contributed by atoms with Crippen molar-refractivity contribution in [1.29, 1.82) is 0 Å². The normalized spacial score (nSPS) is 15.3. The van der Waals surface area contributed by atoms with Crippen LogP contribution in [0.3, 0.4) is 0 Å². The molecular weight excluding hydrogens is 216 g/mol. The molecule has 1 aromatic heterocycles. The minimum absolute atomic E-state index is 0.200. The quantitative estimate of drug-likeness (QED) is 0.758. The van der Waals surface area contributed by atoms with Crippen LogP contribution in [0.15, 0.2) is 0 Å². The average Bonchev–Trinajstić information content (AvgIpc) is 2.44. The van der Waals surface area contributed by atoms with E-state index in [-0.39, 0.29) is 5.78 Å². The minimum Gasteiger partial charge on any atom is -0.300 e. The van der Waals surface area contributed by atoms with E-state index in [2.05, 4.69) is 0 Å². The molecule has 0 radical (unpaired) electrons. The highest BCUT2D eigenvalue weighted by Gasteiger charge is 2.19. The van der Waals surface area contributed by atoms with Crippen LogP contribution >= 0.6 is 22.9 Å². The summed E-state index contributed by atoms with van der Waals surface area (Å²) < 4.78 is 0. The third kappa shape index (κ3) is 1.86. The van der Waals surface area contributed by atoms with Gasteiger partial charge in [-0.25, -0.2) is 0 Å². The number of hydrogen-bond acceptors (Lipinski definition) is 2. The number of fused-ring (bicyclic) bond motifs is 1. The third-order valence-corrected chi connectivity index (χ3v) is 4.44. The standard InChI is InChI=1S/C11H13ClOS/c1-7(13)6-10-11(12)8-4-2-3-5-9(8)14-10/h2-6H2,1H3. The zero-order chi connectivity index (χ0) is 10.1. The Morgan fingerprint density at radius 1 is 1.43 bits per heavy atom. The van der Waals surface area contributed by atoms with Gasteiger partial charge < -0.3 is 0 Å². The summed E-state index contributed by atoms with van der Waals surface area (Å²) in [6, 6.07) is 0. The van der Waals surface area contributed by atoms with Gasteiger partial charge in [-0.1, -0.05) is 11.6 Å². The molecule has 1 aliphatic carbocycles. The van der Waals surface area contributed by atoms with E-state index >= 15 is 0 Å². The Kier molecular flexibility index (Phi) is 2.93. The van der Waals surface area contributed by atoms with Crippen LogP contribution in [0, 0.1) is 0 Å². The van der Waals surface area contributed by atoms with Gasteiger partial charge in [0.1, 0.15) is 5.78 Å². The number of thiophene rings is 1. The molecule has 0 saturated heterocycles. The molecule has 0 atom stereocenters. The van der Waals surface area contributed by atoms with Crippen molar-refractivity contribution in [2.75, 3.05) is 0 Å². The fraction of sp³-hybridized carbons (Fsp3) is 0.545. The van der Waals surface area contributed by atoms with Gasteiger partial charge >= 0.3 is 0 Å². The maximum Gasteiger partial charge on any atom is 0.135 e. The molecule has 0 N–H and O–H groups in total. The summed E-state index contributed by atoms with van der Waals surface area (Å²) in [5, 5.41) is 0.875. The van der Waals surface area contributed by atoms with Crippen LogP contribution in [0.4, 0.5) is 0 Å². The maximum atomic E-state index is 11.0. The summed E-state index contributed by atoms with van der Waals surface area (Å²) in [5.41, 5.74) is 1.32. The van der Waals surface area contributed by atoms with E-state index in [4.69, 9.17) is 11.6 Å². The number of hydrogen-bond donors (Lipinski definition) is 0. The van der Waals surface area contributed by atoms with Crippen molar-refractivity contribution in [1.82, 2.24) is 0 Å². The fourth-order valence-electron chi connectivity index (χ4n) is 1.92. The lowest BCUT2D eigenvalue weighted by atomic mass is 9.99. The monoisotopic (exact) mass is 228 g/mol. The number of ketones is 1. The smallest absolute Gasteiger partial charge is 0.135 e. The van der Waals surface area contributed by atoms with Gasteiger partial charge in [-0.05, 0) is 38.2 Å². The molecule has 0 aromatic carbocycles. The molecule has 0 saturated carbocycles. The Bertz CT molecular complexity index is 368. The van der Waals surface area contributed by atoms with E-state index < -0.39 is 0 Å². The molecule has 1 aliphatic rings. The van der Waals surface area contributed by atoms with Crippen LogP contribution in [-0.2, 0) is 24.1 Å². The highest BCUT2D eigenvalue weighted by molar-refractivity contribution is 7.13. The Balaban J connectivity index is 2.33. The van der Waals surface area contributed by atoms with Crippen LogP contribution in [0.2, 0.25) is 5.02 Å². The molecule has 1 nitrogen and oxygen atoms in total. The Morgan fingerprint density at radius 3 is 2.79 bits per heavy atom. The molecule has 0 spiro atoms. The second-order valence-electron chi connectivity index (χ2n) is 3.83. The molecule has 0 aliphatic heterocycles. The van der Waals surface area contributed by atoms with E-state index in [1.807, 2.05) is 0 Å². The lowest BCUT2D eigenvalue weighted by molar-refractivity contribution is -0.116. The lowest BCUT2D eigenvalue weighted by Gasteiger charge is -2.09. The molecule has 0 fully saturated rings. The SMILES string of the molecule is CC(=O)Cc1sc2c(c1Cl)CCCC2. The summed E-state index contributed by atoms with van der Waals surface area (Å²) in [7, 11) is 0. The van der Waals surface area contributed by atoms with Crippen LogP contribution in [0.1, 0.15) is 35.1 Å². The molecule has 0 bridgehead atoms. The first-order chi connectivity index (χ1) is 6.68. The first kappa shape index (κ1) is 10.2. The summed E-state index contributed by atoms with van der Waals surface area (Å²) >= 11 is 7.98. The van der Waals surface area contributed by atoms with Gasteiger partial charge in [0.15, 0.2) is 0 Å². The number of Topliss-reactive ketones (excluding diaryl/α,β-unsaturated/α-hetero) is 1. The minimum atomic E-state index is 0.200. The summed E-state index contributed by atoms with van der Waals surface area (Å²) in [6.45, 7) is 1.62. The van der Waals surface area contributed by atoms with E-state index in [0.717, 1.165) is 22.7 Å². The van der Waals surface area contributed by atoms with Crippen LogP contribution in [0.25, 0.3) is 0 Å². The Morgan fingerprint density at radius 2 is 2.14 bits per heavy atom. The first-order valence-corrected chi connectivity index (χ1v) is 6.16. The second kappa shape index (κ2) is 4.03. The van der Waals surface area contributed by atoms with Gasteiger partial charge in [0.25, 0.3) is 0 Å². The van der Waals surface area contributed by atoms with E-state index in [1.54, 1.807) is 18.3 Å². The first-order valence-electron chi connectivity index (χ1n) is 4.97. The third-order valence-electron chi connectivity index (χ3n) is 2.58. The van der Waals surface area contributed by atoms with E-state index in [0.29, 0.717) is 6.42 Å². The zero-order valence-corrected chi connectivity index (χ0v) is 9.80. The van der Waals surface area contributed by atoms with Crippen molar-refractivity contribution in [2.45, 2.75) is 39.0 Å². The predicted octanol–water partition coefficient (Wildman–Crippen LogP) is 3.41. The van der Waals surface area contributed by atoms with Crippen molar-refractivity contribution in [3.8, 4) is 0 Å². The van der Waals surface area contributed by atoms with Crippen LogP contribution < -0.4 is 0 Å². The predicted molar refractivity (Wildman–Crippen MR) is 60.4 cm³/mol. The number of halogens is 1. The van der Waals surface area contributed by atoms with Gasteiger partial charge in [0.05, 0.1) is 5.02 Å². The number of rotatable bonds is 2. The number of carbonyl (C=O) groups excluding carboxylic acids is 1. The van der Waals surface area contributed by atoms with E-state index in [9.17, 15) is 4.79 Å². The molecule has 1 aromatic rings. The van der Waals surface area contributed by atoms with Crippen molar-refractivity contribution in [2.24, 2.45) is 0 Å². The molecule has 76 valence electrons. The Labute approximate surface area is 93.1 Å². The van der Waals surface area contributed by atoms with Crippen molar-refractivity contribution in [3.05, 3.63) is 20.3 Å². The highest BCUT2D eigenvalue weighted by Crippen LogP contribution is 2.37. The lowest BCUT2D eigenvalue weighted by Crippen LogP contribution is -1.98. The summed E-state index contributed by atoms with van der Waals surface area (Å²) in [6.07, 6.45) is 5.27. The topological polar surface area (TPSA) is 17.1 Å². The maximum absolute atomic E-state index is 11.0. The molecule has 3 heteroatoms. The van der Waals surface area contributed by atoms with Crippen LogP contribution in [-0.4, -0.2) is 5.78 Å². The average molecular weight is 229 g/mol. The Hall–Kier alpha value is -0.340. The van der Waals surface area contributed by atoms with Crippen molar-refractivity contribution in [3.63, 3.8) is 0 Å². The molecule has 0 amide bonds. The molecule has 14 heavy (non-hydrogen) atoms. The largest absolute Gasteiger partial charge is 0.300 e. The van der Waals surface area contributed by atoms with Gasteiger partial charge in [-0.3, -0.25) is 4.79 Å². The van der Waals surface area contributed by atoms with E-state index in [1.165, 1.54) is 23.3 Å². The second-order valence-corrected chi connectivity index (χ2v) is 5.39. The molecule has 0 unspecified atom stereocenters. The van der Waals surface area contributed by atoms with Gasteiger partial charge in [-0.15, -0.1) is 11.3 Å². The van der Waals surface area contributed by atoms with Crippen LogP contribution in [0.5, 0.6) is 0 Å². The van der Waals surface area contributed by atoms with Crippen molar-refractivity contribution < 1.29 is 4.79 Å². The highest BCUT2D eigenvalue weighted by atomic mass is 35.5. The van der Waals surface area contributed by atoms with Gasteiger partial charge in [-0.2, -0.15) is 0 Å². The van der Waals surface area contributed by atoms with Gasteiger partial charge in [0.2, 0.25) is 0 Å². The zero-order valence-electron chi connectivity index (χ0n) is 8.23. The number of carbonyl (C=O) groups is 1. The molecular formula is C11H13ClOS. The summed E-state index contributed by atoms with van der Waals surface area (Å²) in [4.78, 5) is 13.5. The fourth-order valence-corrected chi connectivity index (χ4v) is 3.73. The summed E-state index contributed by atoms with van der Waals surface area (Å²) in [5.74, 6) is 0.200.